The molecule has 1 aromatic carbocycles. The zero-order valence-electron chi connectivity index (χ0n) is 12.5. The van der Waals surface area contributed by atoms with Gasteiger partial charge in [-0.15, -0.1) is 0 Å². The molecule has 0 aliphatic heterocycles. The highest BCUT2D eigenvalue weighted by Gasteiger charge is 2.29. The molecule has 2 N–H and O–H groups in total. The van der Waals surface area contributed by atoms with Gasteiger partial charge in [-0.25, -0.2) is 0 Å². The fourth-order valence-electron chi connectivity index (χ4n) is 1.57. The Morgan fingerprint density at radius 1 is 1.40 bits per heavy atom. The second-order valence-corrected chi connectivity index (χ2v) is 6.29. The summed E-state index contributed by atoms with van der Waals surface area (Å²) in [5.41, 5.74) is 5.69. The molecular weight excluding hydrogens is 276 g/mol. The van der Waals surface area contributed by atoms with Crippen molar-refractivity contribution in [1.82, 2.24) is 4.90 Å². The minimum absolute atomic E-state index is 0.0831. The van der Waals surface area contributed by atoms with Crippen molar-refractivity contribution in [2.45, 2.75) is 26.8 Å². The predicted molar refractivity (Wildman–Crippen MR) is 82.0 cm³/mol. The standard InChI is InChI=1S/C15H23ClN2O2/c1-15(2,3)13(17)14(19)18(4)9-10-20-12-8-6-5-7-11(12)16/h5-8,13H,9-10,17H2,1-4H3/t13-/m1/s1. The number of carbonyl (C=O) groups excluding carboxylic acids is 1. The number of benzene rings is 1. The highest BCUT2D eigenvalue weighted by atomic mass is 35.5. The molecular formula is C15H23ClN2O2. The van der Waals surface area contributed by atoms with E-state index >= 15 is 0 Å². The maximum Gasteiger partial charge on any atom is 0.239 e. The van der Waals surface area contributed by atoms with Crippen LogP contribution < -0.4 is 10.5 Å². The first-order chi connectivity index (χ1) is 9.23. The molecule has 0 aliphatic carbocycles. The molecule has 1 atom stereocenters. The molecule has 0 fully saturated rings. The number of likely N-dealkylation sites (N-methyl/N-ethyl adjacent to an activating group) is 1. The molecule has 0 aromatic heterocycles. The Hall–Kier alpha value is -1.26. The number of hydrogen-bond acceptors (Lipinski definition) is 3. The second-order valence-electron chi connectivity index (χ2n) is 5.88. The van der Waals surface area contributed by atoms with Crippen LogP contribution in [0.3, 0.4) is 0 Å². The molecule has 1 rings (SSSR count). The number of nitrogens with zero attached hydrogens (tertiary/aromatic N) is 1. The van der Waals surface area contributed by atoms with Crippen molar-refractivity contribution in [2.75, 3.05) is 20.2 Å². The van der Waals surface area contributed by atoms with Crippen LogP contribution in [0.4, 0.5) is 0 Å². The number of ether oxygens (including phenoxy) is 1. The van der Waals surface area contributed by atoms with E-state index in [2.05, 4.69) is 0 Å². The zero-order valence-corrected chi connectivity index (χ0v) is 13.3. The van der Waals surface area contributed by atoms with Crippen molar-refractivity contribution in [3.05, 3.63) is 29.3 Å². The fraction of sp³-hybridized carbons (Fsp3) is 0.533. The Morgan fingerprint density at radius 2 is 2.00 bits per heavy atom. The monoisotopic (exact) mass is 298 g/mol. The normalized spacial score (nSPS) is 12.9. The van der Waals surface area contributed by atoms with Crippen LogP contribution in [0.25, 0.3) is 0 Å². The minimum Gasteiger partial charge on any atom is -0.490 e. The van der Waals surface area contributed by atoms with Crippen LogP contribution in [0.1, 0.15) is 20.8 Å². The molecule has 1 amide bonds. The van der Waals surface area contributed by atoms with E-state index in [0.717, 1.165) is 0 Å². The summed E-state index contributed by atoms with van der Waals surface area (Å²) in [7, 11) is 1.73. The van der Waals surface area contributed by atoms with Gasteiger partial charge in [-0.3, -0.25) is 4.79 Å². The van der Waals surface area contributed by atoms with Gasteiger partial charge in [0, 0.05) is 7.05 Å². The molecule has 0 unspecified atom stereocenters. The second kappa shape index (κ2) is 6.95. The van der Waals surface area contributed by atoms with Crippen LogP contribution in [0, 0.1) is 5.41 Å². The van der Waals surface area contributed by atoms with Crippen LogP contribution in [0.15, 0.2) is 24.3 Å². The molecule has 5 heteroatoms. The van der Waals surface area contributed by atoms with Crippen LogP contribution >= 0.6 is 11.6 Å². The third-order valence-electron chi connectivity index (χ3n) is 3.10. The molecule has 0 saturated heterocycles. The summed E-state index contributed by atoms with van der Waals surface area (Å²) in [4.78, 5) is 13.7. The molecule has 0 radical (unpaired) electrons. The van der Waals surface area contributed by atoms with Gasteiger partial charge in [0.05, 0.1) is 17.6 Å². The number of halogens is 1. The molecule has 0 heterocycles. The van der Waals surface area contributed by atoms with Gasteiger partial charge in [-0.2, -0.15) is 0 Å². The first-order valence-electron chi connectivity index (χ1n) is 6.61. The van der Waals surface area contributed by atoms with Gasteiger partial charge in [0.1, 0.15) is 12.4 Å². The summed E-state index contributed by atoms with van der Waals surface area (Å²) in [5.74, 6) is 0.537. The lowest BCUT2D eigenvalue weighted by molar-refractivity contribution is -0.133. The molecule has 0 spiro atoms. The van der Waals surface area contributed by atoms with Crippen molar-refractivity contribution in [3.63, 3.8) is 0 Å². The van der Waals surface area contributed by atoms with E-state index in [1.54, 1.807) is 24.1 Å². The van der Waals surface area contributed by atoms with E-state index in [1.165, 1.54) is 0 Å². The lowest BCUT2D eigenvalue weighted by Gasteiger charge is -2.30. The molecule has 4 nitrogen and oxygen atoms in total. The predicted octanol–water partition coefficient (Wildman–Crippen LogP) is 2.55. The molecule has 1 aromatic rings. The molecule has 0 saturated carbocycles. The zero-order chi connectivity index (χ0) is 15.3. The van der Waals surface area contributed by atoms with Gasteiger partial charge < -0.3 is 15.4 Å². The summed E-state index contributed by atoms with van der Waals surface area (Å²) in [6, 6.07) is 6.73. The lowest BCUT2D eigenvalue weighted by Crippen LogP contribution is -2.49. The Morgan fingerprint density at radius 3 is 2.55 bits per heavy atom. The highest BCUT2D eigenvalue weighted by molar-refractivity contribution is 6.32. The van der Waals surface area contributed by atoms with Crippen LogP contribution in [0.5, 0.6) is 5.75 Å². The van der Waals surface area contributed by atoms with E-state index in [1.807, 2.05) is 32.9 Å². The average Bonchev–Trinajstić information content (AvgIpc) is 2.38. The van der Waals surface area contributed by atoms with E-state index < -0.39 is 6.04 Å². The van der Waals surface area contributed by atoms with Crippen LogP contribution in [-0.4, -0.2) is 37.0 Å². The lowest BCUT2D eigenvalue weighted by atomic mass is 9.86. The Kier molecular flexibility index (Phi) is 5.84. The van der Waals surface area contributed by atoms with E-state index in [4.69, 9.17) is 22.1 Å². The topological polar surface area (TPSA) is 55.6 Å². The molecule has 0 bridgehead atoms. The summed E-state index contributed by atoms with van der Waals surface area (Å²) < 4.78 is 5.56. The smallest absolute Gasteiger partial charge is 0.239 e. The summed E-state index contributed by atoms with van der Waals surface area (Å²) >= 11 is 5.99. The number of amides is 1. The van der Waals surface area contributed by atoms with E-state index in [9.17, 15) is 4.79 Å². The van der Waals surface area contributed by atoms with Crippen molar-refractivity contribution in [3.8, 4) is 5.75 Å². The molecule has 112 valence electrons. The summed E-state index contributed by atoms with van der Waals surface area (Å²) in [5, 5.41) is 0.563. The Labute approximate surface area is 125 Å². The minimum atomic E-state index is -0.521. The number of hydrogen-bond donors (Lipinski definition) is 1. The average molecular weight is 299 g/mol. The number of rotatable bonds is 5. The van der Waals surface area contributed by atoms with Gasteiger partial charge in [0.25, 0.3) is 0 Å². The van der Waals surface area contributed by atoms with E-state index in [-0.39, 0.29) is 11.3 Å². The number of nitrogens with two attached hydrogens (primary N) is 1. The molecule has 20 heavy (non-hydrogen) atoms. The summed E-state index contributed by atoms with van der Waals surface area (Å²) in [6.07, 6.45) is 0. The Bertz CT molecular complexity index is 457. The number of carbonyl (C=O) groups is 1. The van der Waals surface area contributed by atoms with Crippen molar-refractivity contribution < 1.29 is 9.53 Å². The van der Waals surface area contributed by atoms with Crippen molar-refractivity contribution in [1.29, 1.82) is 0 Å². The van der Waals surface area contributed by atoms with Gasteiger partial charge in [-0.1, -0.05) is 44.5 Å². The Balaban J connectivity index is 2.46. The third-order valence-corrected chi connectivity index (χ3v) is 3.41. The largest absolute Gasteiger partial charge is 0.490 e. The van der Waals surface area contributed by atoms with Gasteiger partial charge in [0.2, 0.25) is 5.91 Å². The SMILES string of the molecule is CN(CCOc1ccccc1Cl)C(=O)[C@@H](N)C(C)(C)C. The van der Waals surface area contributed by atoms with Gasteiger partial charge >= 0.3 is 0 Å². The first kappa shape index (κ1) is 16.8. The maximum absolute atomic E-state index is 12.1. The number of para-hydroxylation sites is 1. The van der Waals surface area contributed by atoms with Gasteiger partial charge in [-0.05, 0) is 17.5 Å². The fourth-order valence-corrected chi connectivity index (χ4v) is 1.76. The third kappa shape index (κ3) is 4.69. The first-order valence-corrected chi connectivity index (χ1v) is 6.99. The van der Waals surface area contributed by atoms with E-state index in [0.29, 0.717) is 23.9 Å². The highest BCUT2D eigenvalue weighted by Crippen LogP contribution is 2.23. The maximum atomic E-state index is 12.1. The van der Waals surface area contributed by atoms with Crippen molar-refractivity contribution >= 4 is 17.5 Å². The van der Waals surface area contributed by atoms with Gasteiger partial charge in [0.15, 0.2) is 0 Å². The van der Waals surface area contributed by atoms with Crippen LogP contribution in [-0.2, 0) is 4.79 Å². The van der Waals surface area contributed by atoms with Crippen LogP contribution in [0.2, 0.25) is 5.02 Å². The summed E-state index contributed by atoms with van der Waals surface area (Å²) in [6.45, 7) is 6.69. The quantitative estimate of drug-likeness (QED) is 0.909. The molecule has 0 aliphatic rings. The van der Waals surface area contributed by atoms with Crippen molar-refractivity contribution in [2.24, 2.45) is 11.1 Å².